The average Bonchev–Trinajstić information content (AvgIpc) is 2.27. The van der Waals surface area contributed by atoms with Gasteiger partial charge in [0.2, 0.25) is 0 Å². The molecule has 0 fully saturated rings. The molecule has 5 heteroatoms. The van der Waals surface area contributed by atoms with E-state index in [-0.39, 0.29) is 10.3 Å². The fourth-order valence-corrected chi connectivity index (χ4v) is 2.48. The molecule has 1 aromatic rings. The lowest BCUT2D eigenvalue weighted by molar-refractivity contribution is 0.495. The third-order valence-corrected chi connectivity index (χ3v) is 3.92. The van der Waals surface area contributed by atoms with Crippen molar-refractivity contribution in [2.24, 2.45) is 5.84 Å². The maximum Gasteiger partial charge on any atom is 0.133 e. The van der Waals surface area contributed by atoms with E-state index in [1.807, 2.05) is 20.8 Å². The molecule has 0 aliphatic heterocycles. The van der Waals surface area contributed by atoms with Gasteiger partial charge in [-0.1, -0.05) is 26.8 Å². The summed E-state index contributed by atoms with van der Waals surface area (Å²) in [4.78, 5) is 0. The number of aryl methyl sites for hydroxylation is 1. The zero-order valence-electron chi connectivity index (χ0n) is 11.2. The highest BCUT2D eigenvalue weighted by Gasteiger charge is 2.23. The van der Waals surface area contributed by atoms with Gasteiger partial charge in [-0.3, -0.25) is 11.3 Å². The first-order valence-electron chi connectivity index (χ1n) is 5.81. The first-order valence-corrected chi connectivity index (χ1v) is 6.79. The lowest BCUT2D eigenvalue weighted by atomic mass is 10.0. The van der Waals surface area contributed by atoms with Crippen LogP contribution in [0.1, 0.15) is 37.9 Å². The SMILES string of the molecule is Cc1ccc(F)c(C(CSC(C)(C)C)NN)c1F. The van der Waals surface area contributed by atoms with Crippen LogP contribution in [0, 0.1) is 18.6 Å². The van der Waals surface area contributed by atoms with Crippen LogP contribution >= 0.6 is 11.8 Å². The molecule has 102 valence electrons. The van der Waals surface area contributed by atoms with Crippen LogP contribution in [0.4, 0.5) is 8.78 Å². The number of thioether (sulfide) groups is 1. The fourth-order valence-electron chi connectivity index (χ4n) is 1.55. The van der Waals surface area contributed by atoms with Gasteiger partial charge >= 0.3 is 0 Å². The molecule has 0 saturated heterocycles. The molecule has 1 atom stereocenters. The number of nitrogens with two attached hydrogens (primary N) is 1. The van der Waals surface area contributed by atoms with Crippen molar-refractivity contribution in [2.75, 3.05) is 5.75 Å². The van der Waals surface area contributed by atoms with E-state index in [0.29, 0.717) is 11.3 Å². The Labute approximate surface area is 111 Å². The minimum Gasteiger partial charge on any atom is -0.271 e. The Bertz CT molecular complexity index is 416. The molecule has 1 aromatic carbocycles. The second-order valence-electron chi connectivity index (χ2n) is 5.23. The second kappa shape index (κ2) is 5.99. The predicted octanol–water partition coefficient (Wildman–Crippen LogP) is 3.31. The van der Waals surface area contributed by atoms with Crippen molar-refractivity contribution in [1.29, 1.82) is 0 Å². The van der Waals surface area contributed by atoms with Gasteiger partial charge in [0.25, 0.3) is 0 Å². The molecular weight excluding hydrogens is 254 g/mol. The Morgan fingerprint density at radius 2 is 1.94 bits per heavy atom. The van der Waals surface area contributed by atoms with Crippen molar-refractivity contribution < 1.29 is 8.78 Å². The Morgan fingerprint density at radius 3 is 2.44 bits per heavy atom. The summed E-state index contributed by atoms with van der Waals surface area (Å²) in [6, 6.07) is 2.17. The largest absolute Gasteiger partial charge is 0.271 e. The summed E-state index contributed by atoms with van der Waals surface area (Å²) >= 11 is 1.61. The van der Waals surface area contributed by atoms with Crippen molar-refractivity contribution in [3.63, 3.8) is 0 Å². The molecule has 0 bridgehead atoms. The summed E-state index contributed by atoms with van der Waals surface area (Å²) < 4.78 is 27.7. The van der Waals surface area contributed by atoms with Crippen LogP contribution in [0.25, 0.3) is 0 Å². The summed E-state index contributed by atoms with van der Waals surface area (Å²) in [7, 11) is 0. The lowest BCUT2D eigenvalue weighted by Crippen LogP contribution is -2.32. The number of hydrazine groups is 1. The predicted molar refractivity (Wildman–Crippen MR) is 73.4 cm³/mol. The van der Waals surface area contributed by atoms with E-state index in [0.717, 1.165) is 0 Å². The molecule has 0 saturated carbocycles. The van der Waals surface area contributed by atoms with Gasteiger partial charge in [-0.05, 0) is 18.6 Å². The molecule has 0 radical (unpaired) electrons. The highest BCUT2D eigenvalue weighted by atomic mass is 32.2. The summed E-state index contributed by atoms with van der Waals surface area (Å²) in [6.07, 6.45) is 0. The van der Waals surface area contributed by atoms with Gasteiger partial charge in [-0.2, -0.15) is 11.8 Å². The Kier molecular flexibility index (Phi) is 5.13. The van der Waals surface area contributed by atoms with E-state index >= 15 is 0 Å². The van der Waals surface area contributed by atoms with E-state index in [1.165, 1.54) is 12.1 Å². The number of hydrogen-bond donors (Lipinski definition) is 2. The minimum atomic E-state index is -0.560. The van der Waals surface area contributed by atoms with Gasteiger partial charge in [0.15, 0.2) is 0 Å². The van der Waals surface area contributed by atoms with Crippen LogP contribution in [-0.2, 0) is 0 Å². The molecule has 0 amide bonds. The summed E-state index contributed by atoms with van der Waals surface area (Å²) in [6.45, 7) is 7.76. The van der Waals surface area contributed by atoms with Crippen LogP contribution in [-0.4, -0.2) is 10.5 Å². The molecule has 0 aromatic heterocycles. The highest BCUT2D eigenvalue weighted by molar-refractivity contribution is 8.00. The Balaban J connectivity index is 2.99. The molecule has 3 N–H and O–H groups in total. The first kappa shape index (κ1) is 15.4. The lowest BCUT2D eigenvalue weighted by Gasteiger charge is -2.23. The summed E-state index contributed by atoms with van der Waals surface area (Å²) in [5.74, 6) is 4.86. The van der Waals surface area contributed by atoms with Crippen molar-refractivity contribution in [3.05, 3.63) is 34.9 Å². The molecule has 1 unspecified atom stereocenters. The molecule has 0 aliphatic carbocycles. The maximum absolute atomic E-state index is 14.0. The zero-order chi connectivity index (χ0) is 13.9. The molecule has 18 heavy (non-hydrogen) atoms. The van der Waals surface area contributed by atoms with Gasteiger partial charge in [0, 0.05) is 16.1 Å². The van der Waals surface area contributed by atoms with Crippen molar-refractivity contribution in [3.8, 4) is 0 Å². The van der Waals surface area contributed by atoms with Gasteiger partial charge in [-0.25, -0.2) is 8.78 Å². The third-order valence-electron chi connectivity index (χ3n) is 2.55. The molecule has 1 rings (SSSR count). The monoisotopic (exact) mass is 274 g/mol. The number of nitrogens with one attached hydrogen (secondary N) is 1. The van der Waals surface area contributed by atoms with Crippen LogP contribution < -0.4 is 11.3 Å². The molecule has 0 heterocycles. The van der Waals surface area contributed by atoms with Gasteiger partial charge < -0.3 is 0 Å². The normalized spacial score (nSPS) is 13.7. The topological polar surface area (TPSA) is 38.0 Å². The molecule has 0 spiro atoms. The highest BCUT2D eigenvalue weighted by Crippen LogP contribution is 2.30. The van der Waals surface area contributed by atoms with Gasteiger partial charge in [-0.15, -0.1) is 0 Å². The first-order chi connectivity index (χ1) is 8.26. The fraction of sp³-hybridized carbons (Fsp3) is 0.538. The third kappa shape index (κ3) is 3.93. The Hall–Kier alpha value is -0.650. The van der Waals surface area contributed by atoms with Crippen LogP contribution in [0.3, 0.4) is 0 Å². The number of benzene rings is 1. The molecular formula is C13H20F2N2S. The average molecular weight is 274 g/mol. The zero-order valence-corrected chi connectivity index (χ0v) is 12.0. The molecule has 2 nitrogen and oxygen atoms in total. The van der Waals surface area contributed by atoms with E-state index in [4.69, 9.17) is 5.84 Å². The summed E-state index contributed by atoms with van der Waals surface area (Å²) in [5.41, 5.74) is 2.94. The van der Waals surface area contributed by atoms with Crippen molar-refractivity contribution in [2.45, 2.75) is 38.5 Å². The second-order valence-corrected chi connectivity index (χ2v) is 7.08. The standard InChI is InChI=1S/C13H20F2N2S/c1-8-5-6-9(14)11(12(8)15)10(17-16)7-18-13(2,3)4/h5-6,10,17H,7,16H2,1-4H3. The van der Waals surface area contributed by atoms with Crippen LogP contribution in [0.5, 0.6) is 0 Å². The van der Waals surface area contributed by atoms with E-state index in [2.05, 4.69) is 5.43 Å². The summed E-state index contributed by atoms with van der Waals surface area (Å²) in [5, 5.41) is 0. The Morgan fingerprint density at radius 1 is 1.33 bits per heavy atom. The van der Waals surface area contributed by atoms with E-state index in [1.54, 1.807) is 18.7 Å². The smallest absolute Gasteiger partial charge is 0.133 e. The van der Waals surface area contributed by atoms with Gasteiger partial charge in [0.1, 0.15) is 11.6 Å². The van der Waals surface area contributed by atoms with Crippen LogP contribution in [0.2, 0.25) is 0 Å². The van der Waals surface area contributed by atoms with Crippen molar-refractivity contribution in [1.82, 2.24) is 5.43 Å². The molecule has 0 aliphatic rings. The maximum atomic E-state index is 14.0. The van der Waals surface area contributed by atoms with Crippen molar-refractivity contribution >= 4 is 11.8 Å². The van der Waals surface area contributed by atoms with Gasteiger partial charge in [0.05, 0.1) is 6.04 Å². The quantitative estimate of drug-likeness (QED) is 0.653. The number of hydrogen-bond acceptors (Lipinski definition) is 3. The van der Waals surface area contributed by atoms with Crippen LogP contribution in [0.15, 0.2) is 12.1 Å². The number of halogens is 2. The van der Waals surface area contributed by atoms with E-state index < -0.39 is 17.7 Å². The number of rotatable bonds is 4. The minimum absolute atomic E-state index is 0.0197. The van der Waals surface area contributed by atoms with E-state index in [9.17, 15) is 8.78 Å².